The molecule has 1 heterocycles. The van der Waals surface area contributed by atoms with E-state index in [4.69, 9.17) is 0 Å². The third-order valence-electron chi connectivity index (χ3n) is 10.3. The van der Waals surface area contributed by atoms with Crippen molar-refractivity contribution in [1.82, 2.24) is 0 Å². The van der Waals surface area contributed by atoms with Gasteiger partial charge in [0.1, 0.15) is 52.7 Å². The van der Waals surface area contributed by atoms with Crippen LogP contribution in [0, 0.1) is 116 Å². The van der Waals surface area contributed by atoms with Crippen LogP contribution in [-0.4, -0.2) is 11.9 Å². The minimum atomic E-state index is -7.22. The lowest BCUT2D eigenvalue weighted by Crippen LogP contribution is -2.81. The van der Waals surface area contributed by atoms with Crippen molar-refractivity contribution in [3.63, 3.8) is 0 Å². The van der Waals surface area contributed by atoms with Crippen molar-refractivity contribution in [2.24, 2.45) is 0 Å². The summed E-state index contributed by atoms with van der Waals surface area (Å²) in [5, 5.41) is 0. The Labute approximate surface area is 367 Å². The average molecular weight is 979 g/mol. The van der Waals surface area contributed by atoms with Crippen LogP contribution in [-0.2, 0) is 6.54 Å². The molecule has 0 atom stereocenters. The quantitative estimate of drug-likeness (QED) is 0.0269. The molecule has 0 radical (unpaired) electrons. The summed E-state index contributed by atoms with van der Waals surface area (Å²) < 4.78 is 296. The van der Waals surface area contributed by atoms with E-state index in [1.165, 1.54) is 5.56 Å². The second-order valence-electron chi connectivity index (χ2n) is 14.2. The number of aromatic nitrogens is 1. The predicted octanol–water partition coefficient (Wildman–Crippen LogP) is 9.76. The van der Waals surface area contributed by atoms with Crippen LogP contribution in [0.4, 0.5) is 87.8 Å². The zero-order chi connectivity index (χ0) is 50.3. The molecule has 0 saturated carbocycles. The summed E-state index contributed by atoms with van der Waals surface area (Å²) in [6.45, 7) is 0.801. The van der Waals surface area contributed by atoms with E-state index in [-0.39, 0.29) is 5.78 Å². The monoisotopic (exact) mass is 979 g/mol. The second kappa shape index (κ2) is 19.4. The Morgan fingerprint density at radius 2 is 0.632 bits per heavy atom. The number of rotatable bonds is 9. The summed E-state index contributed by atoms with van der Waals surface area (Å²) >= 11 is 0. The van der Waals surface area contributed by atoms with Gasteiger partial charge in [-0.25, -0.2) is 92.4 Å². The van der Waals surface area contributed by atoms with E-state index in [0.717, 1.165) is 12.1 Å². The molecule has 0 saturated heterocycles. The summed E-state index contributed by atoms with van der Waals surface area (Å²) in [5.74, 6) is -71.4. The molecule has 0 fully saturated rings. The highest BCUT2D eigenvalue weighted by Gasteiger charge is 2.52. The van der Waals surface area contributed by atoms with Crippen molar-refractivity contribution in [3.05, 3.63) is 224 Å². The van der Waals surface area contributed by atoms with Crippen LogP contribution in [0.1, 0.15) is 21.5 Å². The van der Waals surface area contributed by atoms with E-state index in [0.29, 0.717) is 5.56 Å². The van der Waals surface area contributed by atoms with Crippen molar-refractivity contribution < 1.29 is 97.2 Å². The fourth-order valence-corrected chi connectivity index (χ4v) is 7.23. The minimum absolute atomic E-state index is 0.0146. The molecule has 0 unspecified atom stereocenters. The number of allylic oxidation sites excluding steroid dienone is 1. The lowest BCUT2D eigenvalue weighted by atomic mass is 9.12. The summed E-state index contributed by atoms with van der Waals surface area (Å²) in [7, 11) is 0. The zero-order valence-corrected chi connectivity index (χ0v) is 32.9. The van der Waals surface area contributed by atoms with E-state index in [9.17, 15) is 57.5 Å². The van der Waals surface area contributed by atoms with E-state index in [1.54, 1.807) is 6.08 Å². The first kappa shape index (κ1) is 50.0. The molecule has 2 nitrogen and oxygen atoms in total. The number of hydrogen-bond acceptors (Lipinski definition) is 1. The normalized spacial score (nSPS) is 11.6. The van der Waals surface area contributed by atoms with Gasteiger partial charge < -0.3 is 0 Å². The molecule has 7 aromatic rings. The molecule has 0 aliphatic rings. The van der Waals surface area contributed by atoms with Gasteiger partial charge in [-0.3, -0.25) is 4.79 Å². The van der Waals surface area contributed by atoms with Gasteiger partial charge in [-0.15, -0.1) is 21.9 Å². The van der Waals surface area contributed by atoms with Crippen molar-refractivity contribution in [2.75, 3.05) is 0 Å². The summed E-state index contributed by atoms with van der Waals surface area (Å²) in [5.41, 5.74) is -11.4. The molecule has 0 N–H and O–H groups in total. The van der Waals surface area contributed by atoms with E-state index in [1.807, 2.05) is 79.1 Å². The van der Waals surface area contributed by atoms with Crippen LogP contribution >= 0.6 is 0 Å². The molecule has 7 rings (SSSR count). The largest absolute Gasteiger partial charge is 0.289 e. The fraction of sp³-hybridized carbons (Fsp3) is 0.0222. The molecule has 0 bridgehead atoms. The van der Waals surface area contributed by atoms with Gasteiger partial charge in [-0.2, -0.15) is 0 Å². The zero-order valence-electron chi connectivity index (χ0n) is 32.9. The molecule has 352 valence electrons. The predicted molar refractivity (Wildman–Crippen MR) is 201 cm³/mol. The molecule has 0 aliphatic heterocycles. The molecule has 23 heteroatoms. The van der Waals surface area contributed by atoms with Gasteiger partial charge in [0, 0.05) is 23.3 Å². The van der Waals surface area contributed by atoms with Crippen molar-refractivity contribution >= 4 is 39.9 Å². The average Bonchev–Trinajstić information content (AvgIpc) is 3.34. The molecule has 0 amide bonds. The lowest BCUT2D eigenvalue weighted by molar-refractivity contribution is -0.688. The molecule has 68 heavy (non-hydrogen) atoms. The van der Waals surface area contributed by atoms with Crippen molar-refractivity contribution in [2.45, 2.75) is 6.54 Å². The minimum Gasteiger partial charge on any atom is -0.289 e. The van der Waals surface area contributed by atoms with Crippen LogP contribution in [0.5, 0.6) is 0 Å². The highest BCUT2D eigenvalue weighted by atomic mass is 19.2. The van der Waals surface area contributed by atoms with Gasteiger partial charge in [-0.05, 0) is 11.6 Å². The summed E-state index contributed by atoms with van der Waals surface area (Å²) in [6, 6.07) is 23.8. The summed E-state index contributed by atoms with van der Waals surface area (Å²) in [6.07, 6.45) is 0.123. The molecule has 1 aromatic heterocycles. The Kier molecular flexibility index (Phi) is 14.3. The number of ketones is 1. The van der Waals surface area contributed by atoms with Crippen molar-refractivity contribution in [3.8, 4) is 0 Å². The van der Waals surface area contributed by atoms with Gasteiger partial charge in [-0.1, -0.05) is 66.7 Å². The highest BCUT2D eigenvalue weighted by molar-refractivity contribution is 7.20. The van der Waals surface area contributed by atoms with Gasteiger partial charge in [0.25, 0.3) is 0 Å². The first-order valence-electron chi connectivity index (χ1n) is 18.6. The Bertz CT molecular complexity index is 2770. The van der Waals surface area contributed by atoms with Crippen LogP contribution in [0.2, 0.25) is 0 Å². The number of nitrogens with zero attached hydrogens (tertiary/aromatic N) is 1. The van der Waals surface area contributed by atoms with E-state index in [2.05, 4.69) is 16.7 Å². The first-order valence-corrected chi connectivity index (χ1v) is 18.6. The number of halogens is 20. The molecule has 0 spiro atoms. The second-order valence-corrected chi connectivity index (χ2v) is 14.2. The Morgan fingerprint density at radius 3 is 0.926 bits per heavy atom. The summed E-state index contributed by atoms with van der Waals surface area (Å²) in [4.78, 5) is 12.2. The topological polar surface area (TPSA) is 20.9 Å². The van der Waals surface area contributed by atoms with Crippen LogP contribution < -0.4 is 26.4 Å². The lowest BCUT2D eigenvalue weighted by Gasteiger charge is -2.44. The maximum atomic E-state index is 15.4. The highest BCUT2D eigenvalue weighted by Crippen LogP contribution is 2.31. The van der Waals surface area contributed by atoms with Crippen LogP contribution in [0.3, 0.4) is 0 Å². The van der Waals surface area contributed by atoms with E-state index >= 15 is 35.1 Å². The maximum absolute atomic E-state index is 15.4. The van der Waals surface area contributed by atoms with Gasteiger partial charge in [0.15, 0.2) is 94.5 Å². The van der Waals surface area contributed by atoms with Gasteiger partial charge >= 0.3 is 0 Å². The standard InChI is InChI=1S/C24BF20.C21H18NO/c26-5-1(6(27)14(35)21(42)13(5)34)25(2-7(28)15(36)22(43)16(37)8(2)29,3-9(30)17(38)23(44)18(39)10(3)31)4-11(32)19(40)24(45)20(41)12(4)33;23-21(12-11-18-7-3-1-4-8-18)20-13-15-22(16-14-20)17-19-9-5-2-6-10-19/h;1-16H,17H2/q-1;+1. The number of carbonyl (C=O) groups excluding carboxylic acids is 1. The smallest absolute Gasteiger partial charge is 0.200 e. The van der Waals surface area contributed by atoms with Gasteiger partial charge in [0.2, 0.25) is 0 Å². The third kappa shape index (κ3) is 8.44. The number of carbonyl (C=O) groups is 1. The molecule has 0 aliphatic carbocycles. The Hall–Kier alpha value is -7.46. The SMILES string of the molecule is Fc1c(F)c(F)c([B-](c2c(F)c(F)c(F)c(F)c2F)(c2c(F)c(F)c(F)c(F)c2F)c2c(F)c(F)c(F)c(F)c2F)c(F)c1F.O=C(C=Cc1ccccc1)c1cc[n+](Cc2ccccc2)cc1. The molecule has 6 aromatic carbocycles. The maximum Gasteiger partial charge on any atom is 0.200 e. The van der Waals surface area contributed by atoms with Crippen molar-refractivity contribution in [1.29, 1.82) is 0 Å². The number of pyridine rings is 1. The van der Waals surface area contributed by atoms with Gasteiger partial charge in [0.05, 0.1) is 0 Å². The number of benzene rings is 6. The Balaban J connectivity index is 0.000000276. The third-order valence-corrected chi connectivity index (χ3v) is 10.3. The molecular formula is C45H18BF20NO. The Morgan fingerprint density at radius 1 is 0.368 bits per heavy atom. The first-order chi connectivity index (χ1) is 32.0. The van der Waals surface area contributed by atoms with E-state index < -0.39 is 144 Å². The molecular weight excluding hydrogens is 961 g/mol. The number of hydrogen-bond donors (Lipinski definition) is 0. The fourth-order valence-electron chi connectivity index (χ4n) is 7.23. The van der Waals surface area contributed by atoms with Crippen LogP contribution in [0.25, 0.3) is 6.08 Å². The van der Waals surface area contributed by atoms with Crippen LogP contribution in [0.15, 0.2) is 91.3 Å².